The van der Waals surface area contributed by atoms with Crippen LogP contribution in [0.25, 0.3) is 0 Å². The number of hydrogen-bond donors (Lipinski definition) is 0. The molecule has 0 radical (unpaired) electrons. The van der Waals surface area contributed by atoms with E-state index in [1.807, 2.05) is 6.92 Å². The van der Waals surface area contributed by atoms with Crippen LogP contribution >= 0.6 is 0 Å². The minimum atomic E-state index is -0.306. The number of carbonyl (C=O) groups is 2. The molecule has 0 aliphatic heterocycles. The predicted octanol–water partition coefficient (Wildman–Crippen LogP) is -0.0723. The normalized spacial score (nSPS) is 10.0. The van der Waals surface area contributed by atoms with Gasteiger partial charge in [-0.1, -0.05) is 6.92 Å². The highest BCUT2D eigenvalue weighted by Gasteiger charge is 2.10. The minimum absolute atomic E-state index is 0.163. The number of Topliss-reactive ketones (excluding diaryl/α,β-unsaturated/α-hetero) is 1. The first-order chi connectivity index (χ1) is 7.15. The fraction of sp³-hybridized carbons (Fsp3) is 0.500. The molecule has 0 N–H and O–H groups in total. The Hall–Kier alpha value is -1.65. The van der Waals surface area contributed by atoms with Crippen LogP contribution in [0.4, 0.5) is 0 Å². The van der Waals surface area contributed by atoms with Crippen molar-refractivity contribution < 1.29 is 18.9 Å². The topological polar surface area (TPSA) is 52.2 Å². The van der Waals surface area contributed by atoms with Crippen LogP contribution in [0.3, 0.4) is 0 Å². The SMILES string of the molecule is CCC(=O)C[n+]1ccn(CC(=O)OC)c1. The molecule has 1 aromatic rings. The van der Waals surface area contributed by atoms with E-state index in [1.54, 1.807) is 27.9 Å². The van der Waals surface area contributed by atoms with Crippen molar-refractivity contribution in [2.45, 2.75) is 26.4 Å². The van der Waals surface area contributed by atoms with Gasteiger partial charge in [0.15, 0.2) is 12.3 Å². The molecular formula is C10H15N2O3+. The third-order valence-electron chi connectivity index (χ3n) is 2.04. The number of carbonyl (C=O) groups excluding carboxylic acids is 2. The van der Waals surface area contributed by atoms with Crippen molar-refractivity contribution in [3.05, 3.63) is 18.7 Å². The Bertz CT molecular complexity index is 325. The molecule has 82 valence electrons. The number of ether oxygens (including phenoxy) is 1. The maximum absolute atomic E-state index is 11.1. The number of nitrogens with zero attached hydrogens (tertiary/aromatic N) is 2. The van der Waals surface area contributed by atoms with E-state index in [0.717, 1.165) is 0 Å². The zero-order chi connectivity index (χ0) is 11.3. The average molecular weight is 211 g/mol. The molecule has 1 rings (SSSR count). The van der Waals surface area contributed by atoms with E-state index in [9.17, 15) is 9.59 Å². The summed E-state index contributed by atoms with van der Waals surface area (Å²) in [6, 6.07) is 0. The fourth-order valence-corrected chi connectivity index (χ4v) is 1.15. The third-order valence-corrected chi connectivity index (χ3v) is 2.04. The molecule has 5 heteroatoms. The van der Waals surface area contributed by atoms with Crippen molar-refractivity contribution >= 4 is 11.8 Å². The summed E-state index contributed by atoms with van der Waals surface area (Å²) >= 11 is 0. The molecule has 0 bridgehead atoms. The van der Waals surface area contributed by atoms with Crippen LogP contribution in [0.15, 0.2) is 18.7 Å². The lowest BCUT2D eigenvalue weighted by Gasteiger charge is -1.94. The molecule has 1 aromatic heterocycles. The summed E-state index contributed by atoms with van der Waals surface area (Å²) in [5, 5.41) is 0. The number of esters is 1. The third kappa shape index (κ3) is 3.53. The summed E-state index contributed by atoms with van der Waals surface area (Å²) in [6.07, 6.45) is 5.73. The molecule has 0 aliphatic carbocycles. The highest BCUT2D eigenvalue weighted by Crippen LogP contribution is 1.88. The van der Waals surface area contributed by atoms with Gasteiger partial charge in [0.25, 0.3) is 0 Å². The molecule has 0 saturated heterocycles. The Kier molecular flexibility index (Phi) is 4.03. The van der Waals surface area contributed by atoms with Crippen molar-refractivity contribution in [1.82, 2.24) is 4.57 Å². The van der Waals surface area contributed by atoms with Crippen molar-refractivity contribution in [1.29, 1.82) is 0 Å². The van der Waals surface area contributed by atoms with Gasteiger partial charge in [-0.05, 0) is 0 Å². The quantitative estimate of drug-likeness (QED) is 0.506. The van der Waals surface area contributed by atoms with Crippen LogP contribution in [0, 0.1) is 0 Å². The molecule has 0 spiro atoms. The van der Waals surface area contributed by atoms with Gasteiger partial charge in [0.1, 0.15) is 18.9 Å². The number of aromatic nitrogens is 2. The monoisotopic (exact) mass is 211 g/mol. The van der Waals surface area contributed by atoms with Crippen molar-refractivity contribution in [2.24, 2.45) is 0 Å². The van der Waals surface area contributed by atoms with Crippen LogP contribution < -0.4 is 4.57 Å². The second-order valence-corrected chi connectivity index (χ2v) is 3.23. The van der Waals surface area contributed by atoms with Crippen molar-refractivity contribution in [3.8, 4) is 0 Å². The molecular weight excluding hydrogens is 196 g/mol. The zero-order valence-corrected chi connectivity index (χ0v) is 8.97. The summed E-state index contributed by atoms with van der Waals surface area (Å²) in [6.45, 7) is 2.35. The maximum Gasteiger partial charge on any atom is 0.348 e. The molecule has 0 atom stereocenters. The van der Waals surface area contributed by atoms with Gasteiger partial charge in [-0.25, -0.2) is 13.9 Å². The molecule has 0 aromatic carbocycles. The minimum Gasteiger partial charge on any atom is -0.466 e. The molecule has 5 nitrogen and oxygen atoms in total. The molecule has 0 amide bonds. The van der Waals surface area contributed by atoms with E-state index >= 15 is 0 Å². The summed E-state index contributed by atoms with van der Waals surface area (Å²) in [5.41, 5.74) is 0. The first-order valence-corrected chi connectivity index (χ1v) is 4.79. The van der Waals surface area contributed by atoms with Gasteiger partial charge in [0.2, 0.25) is 6.33 Å². The molecule has 0 fully saturated rings. The number of rotatable bonds is 5. The first kappa shape index (κ1) is 11.4. The van der Waals surface area contributed by atoms with Crippen molar-refractivity contribution in [3.63, 3.8) is 0 Å². The molecule has 0 aliphatic rings. The largest absolute Gasteiger partial charge is 0.466 e. The van der Waals surface area contributed by atoms with E-state index in [1.165, 1.54) is 7.11 Å². The Labute approximate surface area is 88.3 Å². The van der Waals surface area contributed by atoms with E-state index in [0.29, 0.717) is 13.0 Å². The number of hydrogen-bond acceptors (Lipinski definition) is 3. The first-order valence-electron chi connectivity index (χ1n) is 4.79. The van der Waals surface area contributed by atoms with Gasteiger partial charge in [-0.15, -0.1) is 0 Å². The highest BCUT2D eigenvalue weighted by atomic mass is 16.5. The molecule has 15 heavy (non-hydrogen) atoms. The molecule has 0 unspecified atom stereocenters. The number of ketones is 1. The molecule has 1 heterocycles. The zero-order valence-electron chi connectivity index (χ0n) is 8.97. The Morgan fingerprint density at radius 2 is 2.20 bits per heavy atom. The summed E-state index contributed by atoms with van der Waals surface area (Å²) in [4.78, 5) is 22.1. The number of methoxy groups -OCH3 is 1. The second-order valence-electron chi connectivity index (χ2n) is 3.23. The van der Waals surface area contributed by atoms with Gasteiger partial charge in [-0.3, -0.25) is 4.79 Å². The Morgan fingerprint density at radius 1 is 1.47 bits per heavy atom. The standard InChI is InChI=1S/C10H15N2O3/c1-3-9(13)6-11-4-5-12(8-11)7-10(14)15-2/h4-5,8H,3,6-7H2,1-2H3/q+1. The van der Waals surface area contributed by atoms with E-state index < -0.39 is 0 Å². The van der Waals surface area contributed by atoms with Gasteiger partial charge in [-0.2, -0.15) is 0 Å². The number of imidazole rings is 1. The highest BCUT2D eigenvalue weighted by molar-refractivity contribution is 5.76. The lowest BCUT2D eigenvalue weighted by Crippen LogP contribution is -2.35. The predicted molar refractivity (Wildman–Crippen MR) is 51.9 cm³/mol. The summed E-state index contributed by atoms with van der Waals surface area (Å²) in [5.74, 6) is -0.143. The van der Waals surface area contributed by atoms with Crippen LogP contribution in [-0.4, -0.2) is 23.4 Å². The Balaban J connectivity index is 2.56. The van der Waals surface area contributed by atoms with Crippen LogP contribution in [0.5, 0.6) is 0 Å². The van der Waals surface area contributed by atoms with Crippen molar-refractivity contribution in [2.75, 3.05) is 7.11 Å². The van der Waals surface area contributed by atoms with E-state index in [2.05, 4.69) is 4.74 Å². The Morgan fingerprint density at radius 3 is 2.80 bits per heavy atom. The van der Waals surface area contributed by atoms with Gasteiger partial charge >= 0.3 is 5.97 Å². The summed E-state index contributed by atoms with van der Waals surface area (Å²) < 4.78 is 7.95. The van der Waals surface area contributed by atoms with Crippen LogP contribution in [0.2, 0.25) is 0 Å². The molecule has 0 saturated carbocycles. The lowest BCUT2D eigenvalue weighted by atomic mass is 10.3. The average Bonchev–Trinajstić information content (AvgIpc) is 2.65. The smallest absolute Gasteiger partial charge is 0.348 e. The summed E-state index contributed by atoms with van der Waals surface area (Å²) in [7, 11) is 1.35. The van der Waals surface area contributed by atoms with E-state index in [4.69, 9.17) is 0 Å². The van der Waals surface area contributed by atoms with Crippen LogP contribution in [0.1, 0.15) is 13.3 Å². The lowest BCUT2D eigenvalue weighted by molar-refractivity contribution is -0.683. The van der Waals surface area contributed by atoms with Gasteiger partial charge in [0, 0.05) is 6.42 Å². The van der Waals surface area contributed by atoms with E-state index in [-0.39, 0.29) is 18.3 Å². The fourth-order valence-electron chi connectivity index (χ4n) is 1.15. The van der Waals surface area contributed by atoms with Gasteiger partial charge < -0.3 is 4.74 Å². The maximum atomic E-state index is 11.1. The van der Waals surface area contributed by atoms with Gasteiger partial charge in [0.05, 0.1) is 7.11 Å². The van der Waals surface area contributed by atoms with Crippen LogP contribution in [-0.2, 0) is 27.4 Å². The second kappa shape index (κ2) is 5.29.